The van der Waals surface area contributed by atoms with Gasteiger partial charge in [-0.2, -0.15) is 0 Å². The molecular weight excluding hydrogens is 214 g/mol. The molecule has 0 bridgehead atoms. The number of aliphatic carboxylic acids is 1. The third kappa shape index (κ3) is 2.57. The molecular formula is C11H12ClNO2. The molecule has 3 nitrogen and oxygen atoms in total. The summed E-state index contributed by atoms with van der Waals surface area (Å²) in [7, 11) is 0. The molecule has 1 N–H and O–H groups in total. The van der Waals surface area contributed by atoms with E-state index in [-0.39, 0.29) is 0 Å². The third-order valence-electron chi connectivity index (χ3n) is 2.35. The molecule has 0 aliphatic carbocycles. The first-order valence-electron chi connectivity index (χ1n) is 4.45. The van der Waals surface area contributed by atoms with Gasteiger partial charge in [0.05, 0.1) is 10.4 Å². The summed E-state index contributed by atoms with van der Waals surface area (Å²) < 4.78 is 0. The molecule has 1 atom stereocenters. The molecule has 1 heterocycles. The van der Waals surface area contributed by atoms with Crippen molar-refractivity contribution >= 4 is 17.6 Å². The molecule has 0 spiro atoms. The lowest BCUT2D eigenvalue weighted by atomic mass is 9.84. The minimum absolute atomic E-state index is 0.313. The van der Waals surface area contributed by atoms with Gasteiger partial charge in [-0.15, -0.1) is 6.58 Å². The minimum atomic E-state index is -0.995. The smallest absolute Gasteiger partial charge is 0.313 e. The van der Waals surface area contributed by atoms with Crippen LogP contribution in [0.1, 0.15) is 12.5 Å². The summed E-state index contributed by atoms with van der Waals surface area (Å²) in [6.45, 7) is 5.15. The molecule has 80 valence electrons. The van der Waals surface area contributed by atoms with E-state index in [1.165, 1.54) is 12.3 Å². The molecule has 1 unspecified atom stereocenters. The zero-order valence-corrected chi connectivity index (χ0v) is 9.16. The van der Waals surface area contributed by atoms with Crippen molar-refractivity contribution in [3.63, 3.8) is 0 Å². The molecule has 0 aromatic carbocycles. The Hall–Kier alpha value is -1.35. The predicted octanol–water partition coefficient (Wildman–Crippen LogP) is 2.55. The van der Waals surface area contributed by atoms with Gasteiger partial charge in [-0.1, -0.05) is 17.7 Å². The maximum atomic E-state index is 11.0. The predicted molar refractivity (Wildman–Crippen MR) is 58.9 cm³/mol. The van der Waals surface area contributed by atoms with Crippen LogP contribution in [0.3, 0.4) is 0 Å². The van der Waals surface area contributed by atoms with Crippen molar-refractivity contribution in [3.8, 4) is 0 Å². The largest absolute Gasteiger partial charge is 0.481 e. The van der Waals surface area contributed by atoms with E-state index >= 15 is 0 Å². The summed E-state index contributed by atoms with van der Waals surface area (Å²) in [5.41, 5.74) is -0.234. The third-order valence-corrected chi connectivity index (χ3v) is 2.69. The van der Waals surface area contributed by atoms with Crippen molar-refractivity contribution in [2.24, 2.45) is 5.41 Å². The van der Waals surface area contributed by atoms with Crippen molar-refractivity contribution in [1.29, 1.82) is 0 Å². The number of rotatable bonds is 4. The fourth-order valence-corrected chi connectivity index (χ4v) is 1.36. The molecule has 0 aliphatic rings. The number of carbonyl (C=O) groups is 1. The molecule has 1 aromatic heterocycles. The summed E-state index contributed by atoms with van der Waals surface area (Å²) in [6.07, 6.45) is 4.83. The first-order chi connectivity index (χ1) is 6.99. The Morgan fingerprint density at radius 2 is 2.47 bits per heavy atom. The van der Waals surface area contributed by atoms with E-state index in [9.17, 15) is 4.79 Å². The normalized spacial score (nSPS) is 14.3. The van der Waals surface area contributed by atoms with Gasteiger partial charge < -0.3 is 5.11 Å². The molecule has 0 saturated heterocycles. The van der Waals surface area contributed by atoms with Crippen molar-refractivity contribution in [1.82, 2.24) is 4.98 Å². The van der Waals surface area contributed by atoms with Crippen LogP contribution in [-0.2, 0) is 11.2 Å². The number of nitrogens with zero attached hydrogens (tertiary/aromatic N) is 1. The summed E-state index contributed by atoms with van der Waals surface area (Å²) in [6, 6.07) is 1.72. The Bertz CT molecular complexity index is 392. The van der Waals surface area contributed by atoms with E-state index < -0.39 is 11.4 Å². The van der Waals surface area contributed by atoms with Gasteiger partial charge in [0.15, 0.2) is 0 Å². The Morgan fingerprint density at radius 1 is 1.80 bits per heavy atom. The van der Waals surface area contributed by atoms with Crippen LogP contribution in [0.2, 0.25) is 5.02 Å². The summed E-state index contributed by atoms with van der Waals surface area (Å²) in [5, 5.41) is 9.53. The Morgan fingerprint density at radius 3 is 2.93 bits per heavy atom. The van der Waals surface area contributed by atoms with Crippen LogP contribution < -0.4 is 0 Å². The number of hydrogen-bond acceptors (Lipinski definition) is 2. The Labute approximate surface area is 93.4 Å². The number of carboxylic acid groups (broad SMARTS) is 1. The van der Waals surface area contributed by atoms with Gasteiger partial charge in [0.2, 0.25) is 0 Å². The van der Waals surface area contributed by atoms with Gasteiger partial charge >= 0.3 is 5.97 Å². The molecule has 0 saturated carbocycles. The van der Waals surface area contributed by atoms with Crippen molar-refractivity contribution < 1.29 is 9.90 Å². The van der Waals surface area contributed by atoms with Gasteiger partial charge in [-0.3, -0.25) is 9.78 Å². The van der Waals surface area contributed by atoms with Crippen LogP contribution in [0, 0.1) is 5.41 Å². The van der Waals surface area contributed by atoms with Gasteiger partial charge in [-0.05, 0) is 25.0 Å². The second kappa shape index (κ2) is 4.45. The van der Waals surface area contributed by atoms with Crippen LogP contribution in [-0.4, -0.2) is 16.1 Å². The number of hydrogen-bond donors (Lipinski definition) is 1. The lowest BCUT2D eigenvalue weighted by Gasteiger charge is -2.20. The van der Waals surface area contributed by atoms with Gasteiger partial charge in [0.1, 0.15) is 0 Å². The van der Waals surface area contributed by atoms with E-state index in [1.807, 2.05) is 0 Å². The zero-order valence-electron chi connectivity index (χ0n) is 8.40. The summed E-state index contributed by atoms with van der Waals surface area (Å²) >= 11 is 5.90. The van der Waals surface area contributed by atoms with E-state index in [0.29, 0.717) is 11.4 Å². The molecule has 0 fully saturated rings. The fraction of sp³-hybridized carbons (Fsp3) is 0.273. The molecule has 0 amide bonds. The average Bonchev–Trinajstić information content (AvgIpc) is 2.21. The second-order valence-electron chi connectivity index (χ2n) is 3.57. The van der Waals surface area contributed by atoms with Crippen LogP contribution in [0.4, 0.5) is 0 Å². The molecule has 1 aromatic rings. The standard InChI is InChI=1S/C11H12ClNO2/c1-3-11(2,10(14)15)6-8-4-5-13-7-9(8)12/h3-5,7H,1,6H2,2H3,(H,14,15). The maximum Gasteiger partial charge on any atom is 0.313 e. The van der Waals surface area contributed by atoms with Crippen molar-refractivity contribution in [2.45, 2.75) is 13.3 Å². The monoisotopic (exact) mass is 225 g/mol. The lowest BCUT2D eigenvalue weighted by molar-refractivity contribution is -0.145. The number of halogens is 1. The van der Waals surface area contributed by atoms with Crippen molar-refractivity contribution in [2.75, 3.05) is 0 Å². The second-order valence-corrected chi connectivity index (χ2v) is 3.98. The maximum absolute atomic E-state index is 11.0. The number of aromatic nitrogens is 1. The lowest BCUT2D eigenvalue weighted by Crippen LogP contribution is -2.27. The van der Waals surface area contributed by atoms with Gasteiger partial charge in [0.25, 0.3) is 0 Å². The summed E-state index contributed by atoms with van der Waals surface area (Å²) in [5.74, 6) is -0.912. The minimum Gasteiger partial charge on any atom is -0.481 e. The number of pyridine rings is 1. The molecule has 1 rings (SSSR count). The van der Waals surface area contributed by atoms with Gasteiger partial charge in [0, 0.05) is 12.4 Å². The molecule has 15 heavy (non-hydrogen) atoms. The highest BCUT2D eigenvalue weighted by molar-refractivity contribution is 6.31. The molecule has 0 radical (unpaired) electrons. The fourth-order valence-electron chi connectivity index (χ4n) is 1.18. The highest BCUT2D eigenvalue weighted by Crippen LogP contribution is 2.27. The van der Waals surface area contributed by atoms with Crippen LogP contribution in [0.25, 0.3) is 0 Å². The first kappa shape index (κ1) is 11.7. The highest BCUT2D eigenvalue weighted by atomic mass is 35.5. The van der Waals surface area contributed by atoms with Gasteiger partial charge in [-0.25, -0.2) is 0 Å². The molecule has 0 aliphatic heterocycles. The highest BCUT2D eigenvalue weighted by Gasteiger charge is 2.30. The zero-order chi connectivity index (χ0) is 11.5. The van der Waals surface area contributed by atoms with E-state index in [1.54, 1.807) is 19.2 Å². The van der Waals surface area contributed by atoms with E-state index in [2.05, 4.69) is 11.6 Å². The quantitative estimate of drug-likeness (QED) is 0.802. The first-order valence-corrected chi connectivity index (χ1v) is 4.83. The van der Waals surface area contributed by atoms with Crippen LogP contribution in [0.15, 0.2) is 31.1 Å². The topological polar surface area (TPSA) is 50.2 Å². The SMILES string of the molecule is C=CC(C)(Cc1ccncc1Cl)C(=O)O. The Balaban J connectivity index is 2.99. The van der Waals surface area contributed by atoms with Crippen LogP contribution in [0.5, 0.6) is 0 Å². The van der Waals surface area contributed by atoms with Crippen molar-refractivity contribution in [3.05, 3.63) is 41.7 Å². The van der Waals surface area contributed by atoms with E-state index in [0.717, 1.165) is 5.56 Å². The van der Waals surface area contributed by atoms with Crippen LogP contribution >= 0.6 is 11.6 Å². The Kier molecular flexibility index (Phi) is 3.48. The molecule has 4 heteroatoms. The van der Waals surface area contributed by atoms with E-state index in [4.69, 9.17) is 16.7 Å². The summed E-state index contributed by atoms with van der Waals surface area (Å²) in [4.78, 5) is 14.9. The average molecular weight is 226 g/mol. The number of carboxylic acids is 1.